The minimum atomic E-state index is -4.95. The van der Waals surface area contributed by atoms with E-state index in [1.807, 2.05) is 0 Å². The quantitative estimate of drug-likeness (QED) is 0.635. The molecule has 1 unspecified atom stereocenters. The second-order valence-electron chi connectivity index (χ2n) is 3.04. The van der Waals surface area contributed by atoms with Crippen LogP contribution in [-0.2, 0) is 17.8 Å². The minimum absolute atomic E-state index is 0.0909. The van der Waals surface area contributed by atoms with E-state index in [1.54, 1.807) is 0 Å². The first-order valence-corrected chi connectivity index (χ1v) is 5.12. The van der Waals surface area contributed by atoms with E-state index in [0.717, 1.165) is 0 Å². The summed E-state index contributed by atoms with van der Waals surface area (Å²) < 4.78 is 99.0. The lowest BCUT2D eigenvalue weighted by atomic mass is 10.1. The van der Waals surface area contributed by atoms with Gasteiger partial charge in [-0.25, -0.2) is 17.4 Å². The topological polar surface area (TPSA) is 49.4 Å². The van der Waals surface area contributed by atoms with Crippen LogP contribution in [0.5, 0.6) is 5.75 Å². The molecule has 18 heavy (non-hydrogen) atoms. The molecule has 0 saturated carbocycles. The van der Waals surface area contributed by atoms with E-state index in [1.165, 1.54) is 0 Å². The third-order valence-corrected chi connectivity index (χ3v) is 2.05. The summed E-state index contributed by atoms with van der Waals surface area (Å²) in [7, 11) is 0. The molecule has 0 aromatic heterocycles. The molecule has 0 saturated heterocycles. The lowest BCUT2D eigenvalue weighted by Crippen LogP contribution is -2.16. The molecule has 1 rings (SSSR count). The van der Waals surface area contributed by atoms with Gasteiger partial charge in [0.1, 0.15) is 17.2 Å². The van der Waals surface area contributed by atoms with Gasteiger partial charge in [0.25, 0.3) is 0 Å². The third-order valence-electron chi connectivity index (χ3n) is 1.75. The van der Waals surface area contributed by atoms with Gasteiger partial charge in [-0.2, -0.15) is 13.2 Å². The fourth-order valence-electron chi connectivity index (χ4n) is 1.12. The Morgan fingerprint density at radius 2 is 1.78 bits per heavy atom. The van der Waals surface area contributed by atoms with Crippen molar-refractivity contribution in [3.8, 4) is 5.75 Å². The summed E-state index contributed by atoms with van der Waals surface area (Å²) in [6.07, 6.45) is -6.97. The number of alkyl halides is 3. The van der Waals surface area contributed by atoms with Gasteiger partial charge in [-0.3, -0.25) is 0 Å². The van der Waals surface area contributed by atoms with E-state index in [-0.39, 0.29) is 6.07 Å². The van der Waals surface area contributed by atoms with Gasteiger partial charge in [-0.15, -0.1) is 0 Å². The smallest absolute Gasteiger partial charge is 0.393 e. The normalized spacial score (nSPS) is 13.5. The second-order valence-corrected chi connectivity index (χ2v) is 3.62. The van der Waals surface area contributed by atoms with Crippen LogP contribution >= 0.6 is 0 Å². The van der Waals surface area contributed by atoms with E-state index in [4.69, 9.17) is 0 Å². The van der Waals surface area contributed by atoms with E-state index in [2.05, 4.69) is 4.18 Å². The molecule has 0 amide bonds. The van der Waals surface area contributed by atoms with Crippen LogP contribution in [0.3, 0.4) is 0 Å². The lowest BCUT2D eigenvalue weighted by Gasteiger charge is -2.13. The predicted octanol–water partition coefficient (Wildman–Crippen LogP) is 2.38. The molecular formula is C8H3F6O3S-. The summed E-state index contributed by atoms with van der Waals surface area (Å²) >= 11 is -3.41. The van der Waals surface area contributed by atoms with Crippen molar-refractivity contribution in [1.29, 1.82) is 0 Å². The highest BCUT2D eigenvalue weighted by molar-refractivity contribution is 7.74. The Kier molecular flexibility index (Phi) is 4.22. The van der Waals surface area contributed by atoms with Crippen LogP contribution in [0.4, 0.5) is 26.3 Å². The van der Waals surface area contributed by atoms with Crippen molar-refractivity contribution in [3.05, 3.63) is 29.1 Å². The second kappa shape index (κ2) is 5.14. The fraction of sp³-hybridized carbons (Fsp3) is 0.250. The van der Waals surface area contributed by atoms with Crippen LogP contribution in [0.25, 0.3) is 0 Å². The molecule has 0 spiro atoms. The number of halogens is 6. The van der Waals surface area contributed by atoms with Gasteiger partial charge in [-0.1, -0.05) is 0 Å². The van der Waals surface area contributed by atoms with Crippen LogP contribution < -0.4 is 4.18 Å². The van der Waals surface area contributed by atoms with Crippen molar-refractivity contribution >= 4 is 11.4 Å². The Hall–Kier alpha value is -1.29. The average Bonchev–Trinajstić information content (AvgIpc) is 2.17. The number of rotatable bonds is 3. The Balaban J connectivity index is 3.30. The molecule has 10 heteroatoms. The molecule has 102 valence electrons. The molecule has 0 N–H and O–H groups in total. The largest absolute Gasteiger partial charge is 0.740 e. The SMILES string of the molecule is O=S([O-])Oc1c(F)cc(F)c(CC(F)(F)F)c1F. The zero-order valence-corrected chi connectivity index (χ0v) is 9.00. The van der Waals surface area contributed by atoms with Crippen molar-refractivity contribution in [2.45, 2.75) is 12.6 Å². The Labute approximate surface area is 98.9 Å². The van der Waals surface area contributed by atoms with Crippen molar-refractivity contribution < 1.29 is 39.3 Å². The Morgan fingerprint density at radius 1 is 1.22 bits per heavy atom. The minimum Gasteiger partial charge on any atom is -0.740 e. The molecule has 0 aliphatic heterocycles. The highest BCUT2D eigenvalue weighted by Gasteiger charge is 2.33. The molecule has 3 nitrogen and oxygen atoms in total. The van der Waals surface area contributed by atoms with Crippen molar-refractivity contribution in [2.75, 3.05) is 0 Å². The lowest BCUT2D eigenvalue weighted by molar-refractivity contribution is -0.128. The summed E-state index contributed by atoms with van der Waals surface area (Å²) in [6.45, 7) is 0. The monoisotopic (exact) mass is 293 g/mol. The van der Waals surface area contributed by atoms with Crippen molar-refractivity contribution in [2.24, 2.45) is 0 Å². The summed E-state index contributed by atoms with van der Waals surface area (Å²) in [5.41, 5.74) is -1.52. The summed E-state index contributed by atoms with van der Waals surface area (Å²) in [5, 5.41) is 0. The zero-order chi connectivity index (χ0) is 14.1. The van der Waals surface area contributed by atoms with Gasteiger partial charge in [0.2, 0.25) is 5.75 Å². The molecule has 0 fully saturated rings. The first-order valence-electron chi connectivity index (χ1n) is 4.12. The third kappa shape index (κ3) is 3.60. The van der Waals surface area contributed by atoms with Gasteiger partial charge < -0.3 is 8.74 Å². The maximum Gasteiger partial charge on any atom is 0.393 e. The van der Waals surface area contributed by atoms with Crippen LogP contribution in [0.2, 0.25) is 0 Å². The number of hydrogen-bond donors (Lipinski definition) is 0. The molecular weight excluding hydrogens is 290 g/mol. The maximum atomic E-state index is 13.3. The molecule has 0 radical (unpaired) electrons. The van der Waals surface area contributed by atoms with Crippen molar-refractivity contribution in [1.82, 2.24) is 0 Å². The molecule has 1 atom stereocenters. The van der Waals surface area contributed by atoms with Gasteiger partial charge in [0.05, 0.1) is 6.42 Å². The van der Waals surface area contributed by atoms with Gasteiger partial charge in [0, 0.05) is 11.6 Å². The maximum absolute atomic E-state index is 13.3. The first-order chi connectivity index (χ1) is 8.11. The fourth-order valence-corrected chi connectivity index (χ4v) is 1.41. The van der Waals surface area contributed by atoms with Crippen LogP contribution in [0, 0.1) is 17.5 Å². The summed E-state index contributed by atoms with van der Waals surface area (Å²) in [4.78, 5) is 0. The van der Waals surface area contributed by atoms with Crippen LogP contribution in [0.15, 0.2) is 6.07 Å². The summed E-state index contributed by atoms with van der Waals surface area (Å²) in [5.74, 6) is -7.20. The van der Waals surface area contributed by atoms with E-state index >= 15 is 0 Å². The molecule has 0 bridgehead atoms. The van der Waals surface area contributed by atoms with Crippen LogP contribution in [0.1, 0.15) is 5.56 Å². The van der Waals surface area contributed by atoms with Crippen LogP contribution in [-0.4, -0.2) is 14.9 Å². The van der Waals surface area contributed by atoms with E-state index in [9.17, 15) is 35.1 Å². The van der Waals surface area contributed by atoms with Gasteiger partial charge in [0.15, 0.2) is 11.6 Å². The zero-order valence-electron chi connectivity index (χ0n) is 8.19. The standard InChI is InChI=1S/C8H4F6O3S/c9-4-1-5(10)7(17-18(15)16)6(11)3(4)2-8(12,13)14/h1H,2H2,(H,15,16)/p-1. The molecule has 1 aromatic rings. The first kappa shape index (κ1) is 14.8. The highest BCUT2D eigenvalue weighted by atomic mass is 32.2. The molecule has 1 aromatic carbocycles. The molecule has 0 heterocycles. The number of benzene rings is 1. The molecule has 0 aliphatic carbocycles. The van der Waals surface area contributed by atoms with E-state index < -0.39 is 52.7 Å². The average molecular weight is 293 g/mol. The highest BCUT2D eigenvalue weighted by Crippen LogP contribution is 2.31. The van der Waals surface area contributed by atoms with Gasteiger partial charge in [-0.05, 0) is 0 Å². The Morgan fingerprint density at radius 3 is 2.22 bits per heavy atom. The summed E-state index contributed by atoms with van der Waals surface area (Å²) in [6, 6.07) is -0.0909. The van der Waals surface area contributed by atoms with E-state index in [0.29, 0.717) is 0 Å². The number of hydrogen-bond acceptors (Lipinski definition) is 3. The van der Waals surface area contributed by atoms with Gasteiger partial charge >= 0.3 is 6.18 Å². The van der Waals surface area contributed by atoms with Crippen molar-refractivity contribution in [3.63, 3.8) is 0 Å². The predicted molar refractivity (Wildman–Crippen MR) is 45.6 cm³/mol. The molecule has 0 aliphatic rings. The Bertz CT molecular complexity index is 487.